The van der Waals surface area contributed by atoms with Gasteiger partial charge in [0.15, 0.2) is 0 Å². The minimum absolute atomic E-state index is 0.0103. The average Bonchev–Trinajstić information content (AvgIpc) is 2.74. The normalized spacial score (nSPS) is 54.6. The Balaban J connectivity index is 1.71. The predicted octanol–water partition coefficient (Wildman–Crippen LogP) is 4.12. The molecule has 2 nitrogen and oxygen atoms in total. The van der Waals surface area contributed by atoms with E-state index in [2.05, 4.69) is 13.8 Å². The number of halogens is 1. The van der Waals surface area contributed by atoms with E-state index < -0.39 is 6.17 Å². The lowest BCUT2D eigenvalue weighted by Gasteiger charge is -2.58. The van der Waals surface area contributed by atoms with Gasteiger partial charge in [-0.15, -0.1) is 0 Å². The van der Waals surface area contributed by atoms with Crippen LogP contribution in [-0.4, -0.2) is 17.7 Å². The van der Waals surface area contributed by atoms with Crippen LogP contribution >= 0.6 is 0 Å². The molecule has 4 saturated carbocycles. The molecule has 7 atom stereocenters. The van der Waals surface area contributed by atoms with E-state index in [0.29, 0.717) is 55.5 Å². The molecule has 22 heavy (non-hydrogen) atoms. The lowest BCUT2D eigenvalue weighted by atomic mass is 9.45. The number of hydrogen-bond acceptors (Lipinski definition) is 2. The Labute approximate surface area is 132 Å². The Morgan fingerprint density at radius 1 is 1.14 bits per heavy atom. The summed E-state index contributed by atoms with van der Waals surface area (Å²) in [5, 5.41) is 0. The van der Waals surface area contributed by atoms with Crippen molar-refractivity contribution in [3.8, 4) is 0 Å². The van der Waals surface area contributed by atoms with Crippen LogP contribution in [0.5, 0.6) is 0 Å². The molecular formula is C19H27FO2. The minimum Gasteiger partial charge on any atom is -0.300 e. The third-order valence-electron chi connectivity index (χ3n) is 7.93. The predicted molar refractivity (Wildman–Crippen MR) is 82.0 cm³/mol. The summed E-state index contributed by atoms with van der Waals surface area (Å²) < 4.78 is 14.1. The summed E-state index contributed by atoms with van der Waals surface area (Å²) >= 11 is 0. The molecule has 0 radical (unpaired) electrons. The molecule has 0 aromatic heterocycles. The average molecular weight is 306 g/mol. The van der Waals surface area contributed by atoms with Crippen molar-refractivity contribution in [2.24, 2.45) is 34.5 Å². The van der Waals surface area contributed by atoms with E-state index in [1.54, 1.807) is 0 Å². The molecule has 0 unspecified atom stereocenters. The molecule has 0 spiro atoms. The van der Waals surface area contributed by atoms with E-state index in [-0.39, 0.29) is 22.7 Å². The van der Waals surface area contributed by atoms with Crippen LogP contribution in [0.2, 0.25) is 0 Å². The van der Waals surface area contributed by atoms with Gasteiger partial charge in [-0.25, -0.2) is 4.39 Å². The Morgan fingerprint density at radius 3 is 2.68 bits per heavy atom. The van der Waals surface area contributed by atoms with Crippen LogP contribution in [0.25, 0.3) is 0 Å². The molecule has 4 fully saturated rings. The number of hydrogen-bond donors (Lipinski definition) is 0. The van der Waals surface area contributed by atoms with Gasteiger partial charge in [-0.1, -0.05) is 13.8 Å². The maximum absolute atomic E-state index is 14.1. The standard InChI is InChI=1S/C19H27FO2/c1-18-6-5-14-17(15(18)8-12(20)9-18)16(22)7-11-3-4-13(21)10-19(11,14)2/h11-12,14-15,17H,3-10H2,1-2H3/t11-,12+,14+,15+,17-,18-,19+/m1/s1. The van der Waals surface area contributed by atoms with Crippen LogP contribution in [0.3, 0.4) is 0 Å². The molecule has 122 valence electrons. The summed E-state index contributed by atoms with van der Waals surface area (Å²) in [6, 6.07) is 0. The summed E-state index contributed by atoms with van der Waals surface area (Å²) in [6.07, 6.45) is 5.32. The van der Waals surface area contributed by atoms with E-state index in [9.17, 15) is 14.0 Å². The summed E-state index contributed by atoms with van der Waals surface area (Å²) in [6.45, 7) is 4.45. The van der Waals surface area contributed by atoms with Gasteiger partial charge in [0.05, 0.1) is 0 Å². The van der Waals surface area contributed by atoms with Crippen molar-refractivity contribution >= 4 is 11.6 Å². The van der Waals surface area contributed by atoms with Crippen LogP contribution in [0, 0.1) is 34.5 Å². The second-order valence-corrected chi connectivity index (χ2v) is 9.10. The first kappa shape index (κ1) is 14.8. The van der Waals surface area contributed by atoms with Gasteiger partial charge in [-0.2, -0.15) is 0 Å². The summed E-state index contributed by atoms with van der Waals surface area (Å²) in [7, 11) is 0. The number of Topliss-reactive ketones (excluding diaryl/α,β-unsaturated/α-hetero) is 2. The number of alkyl halides is 1. The van der Waals surface area contributed by atoms with Gasteiger partial charge >= 0.3 is 0 Å². The van der Waals surface area contributed by atoms with Gasteiger partial charge in [0.2, 0.25) is 0 Å². The lowest BCUT2D eigenvalue weighted by Crippen LogP contribution is -2.56. The number of fused-ring (bicyclic) bond motifs is 5. The molecule has 0 saturated heterocycles. The zero-order valence-electron chi connectivity index (χ0n) is 13.7. The SMILES string of the molecule is C[C@]12CC[C@H]3[C@@H](C(=O)C[C@H]4CCC(=O)C[C@@]43C)[C@@H]1C[C@H](F)C2. The molecule has 0 aromatic carbocycles. The molecular weight excluding hydrogens is 279 g/mol. The lowest BCUT2D eigenvalue weighted by molar-refractivity contribution is -0.158. The van der Waals surface area contributed by atoms with Crippen molar-refractivity contribution in [1.82, 2.24) is 0 Å². The number of rotatable bonds is 0. The van der Waals surface area contributed by atoms with E-state index in [0.717, 1.165) is 19.3 Å². The van der Waals surface area contributed by atoms with Crippen LogP contribution in [0.1, 0.15) is 65.2 Å². The van der Waals surface area contributed by atoms with E-state index in [1.165, 1.54) is 0 Å². The Morgan fingerprint density at radius 2 is 1.91 bits per heavy atom. The summed E-state index contributed by atoms with van der Waals surface area (Å²) in [4.78, 5) is 25.0. The van der Waals surface area contributed by atoms with Crippen molar-refractivity contribution < 1.29 is 14.0 Å². The number of ketones is 2. The Bertz CT molecular complexity index is 530. The smallest absolute Gasteiger partial charge is 0.136 e. The highest BCUT2D eigenvalue weighted by Crippen LogP contribution is 2.65. The highest BCUT2D eigenvalue weighted by molar-refractivity contribution is 5.86. The van der Waals surface area contributed by atoms with E-state index in [4.69, 9.17) is 0 Å². The second kappa shape index (κ2) is 4.64. The van der Waals surface area contributed by atoms with Gasteiger partial charge in [0, 0.05) is 25.2 Å². The maximum atomic E-state index is 14.1. The fourth-order valence-electron chi connectivity index (χ4n) is 6.77. The minimum atomic E-state index is -0.736. The molecule has 3 heteroatoms. The Kier molecular flexibility index (Phi) is 3.13. The third-order valence-corrected chi connectivity index (χ3v) is 7.93. The van der Waals surface area contributed by atoms with Gasteiger partial charge in [-0.3, -0.25) is 9.59 Å². The Hall–Kier alpha value is -0.730. The molecule has 0 aromatic rings. The molecule has 0 amide bonds. The second-order valence-electron chi connectivity index (χ2n) is 9.10. The zero-order chi connectivity index (χ0) is 15.7. The first-order valence-electron chi connectivity index (χ1n) is 9.02. The van der Waals surface area contributed by atoms with Gasteiger partial charge in [0.1, 0.15) is 17.7 Å². The topological polar surface area (TPSA) is 34.1 Å². The zero-order valence-corrected chi connectivity index (χ0v) is 13.7. The maximum Gasteiger partial charge on any atom is 0.136 e. The van der Waals surface area contributed by atoms with Crippen LogP contribution in [0.4, 0.5) is 4.39 Å². The fourth-order valence-corrected chi connectivity index (χ4v) is 6.77. The largest absolute Gasteiger partial charge is 0.300 e. The first-order chi connectivity index (χ1) is 10.3. The molecule has 0 heterocycles. The van der Waals surface area contributed by atoms with Gasteiger partial charge in [0.25, 0.3) is 0 Å². The fraction of sp³-hybridized carbons (Fsp3) is 0.895. The number of carbonyl (C=O) groups is 2. The van der Waals surface area contributed by atoms with Crippen molar-refractivity contribution in [3.05, 3.63) is 0 Å². The first-order valence-corrected chi connectivity index (χ1v) is 9.02. The van der Waals surface area contributed by atoms with Crippen LogP contribution in [0.15, 0.2) is 0 Å². The van der Waals surface area contributed by atoms with E-state index in [1.807, 2.05) is 0 Å². The van der Waals surface area contributed by atoms with Gasteiger partial charge in [-0.05, 0) is 60.7 Å². The number of carbonyl (C=O) groups excluding carboxylic acids is 2. The van der Waals surface area contributed by atoms with Crippen molar-refractivity contribution in [1.29, 1.82) is 0 Å². The molecule has 0 aliphatic heterocycles. The highest BCUT2D eigenvalue weighted by Gasteiger charge is 2.62. The van der Waals surface area contributed by atoms with Crippen LogP contribution in [-0.2, 0) is 9.59 Å². The molecule has 4 aliphatic carbocycles. The van der Waals surface area contributed by atoms with Crippen molar-refractivity contribution in [2.75, 3.05) is 0 Å². The van der Waals surface area contributed by atoms with Crippen LogP contribution < -0.4 is 0 Å². The van der Waals surface area contributed by atoms with E-state index >= 15 is 0 Å². The highest BCUT2D eigenvalue weighted by atomic mass is 19.1. The summed E-state index contributed by atoms with van der Waals surface area (Å²) in [5.41, 5.74) is 0.00174. The molecule has 0 bridgehead atoms. The van der Waals surface area contributed by atoms with Crippen molar-refractivity contribution in [3.63, 3.8) is 0 Å². The van der Waals surface area contributed by atoms with Crippen molar-refractivity contribution in [2.45, 2.75) is 71.4 Å². The summed E-state index contributed by atoms with van der Waals surface area (Å²) in [5.74, 6) is 1.68. The molecule has 4 rings (SSSR count). The molecule has 0 N–H and O–H groups in total. The molecule has 4 aliphatic rings. The third kappa shape index (κ3) is 1.89. The van der Waals surface area contributed by atoms with Gasteiger partial charge < -0.3 is 0 Å². The monoisotopic (exact) mass is 306 g/mol. The quantitative estimate of drug-likeness (QED) is 0.675.